The zero-order valence-electron chi connectivity index (χ0n) is 14.7. The first-order chi connectivity index (χ1) is 9.53. The van der Waals surface area contributed by atoms with Crippen LogP contribution in [0.4, 0.5) is 4.79 Å². The minimum absolute atomic E-state index is 0.105. The van der Waals surface area contributed by atoms with Crippen molar-refractivity contribution in [2.24, 2.45) is 11.8 Å². The maximum Gasteiger partial charge on any atom is 0.407 e. The van der Waals surface area contributed by atoms with E-state index in [9.17, 15) is 9.90 Å². The molecule has 0 fully saturated rings. The van der Waals surface area contributed by atoms with Gasteiger partial charge in [0.1, 0.15) is 5.60 Å². The number of aliphatic hydroxyl groups excluding tert-OH is 1. The highest BCUT2D eigenvalue weighted by Crippen LogP contribution is 2.14. The van der Waals surface area contributed by atoms with Crippen molar-refractivity contribution in [1.82, 2.24) is 10.6 Å². The molecule has 0 aromatic carbocycles. The van der Waals surface area contributed by atoms with Crippen molar-refractivity contribution in [1.29, 1.82) is 0 Å². The molecule has 2 unspecified atom stereocenters. The fourth-order valence-electron chi connectivity index (χ4n) is 1.74. The van der Waals surface area contributed by atoms with E-state index >= 15 is 0 Å². The molecule has 0 radical (unpaired) electrons. The van der Waals surface area contributed by atoms with Crippen LogP contribution in [0.25, 0.3) is 0 Å². The molecule has 0 saturated carbocycles. The lowest BCUT2D eigenvalue weighted by Crippen LogP contribution is -2.49. The molecule has 126 valence electrons. The van der Waals surface area contributed by atoms with E-state index in [2.05, 4.69) is 24.5 Å². The summed E-state index contributed by atoms with van der Waals surface area (Å²) < 4.78 is 5.25. The highest BCUT2D eigenvalue weighted by molar-refractivity contribution is 5.67. The number of nitrogens with one attached hydrogen (secondary N) is 2. The summed E-state index contributed by atoms with van der Waals surface area (Å²) in [5, 5.41) is 15.7. The molecule has 0 aliphatic rings. The van der Waals surface area contributed by atoms with Crippen LogP contribution in [0, 0.1) is 11.8 Å². The highest BCUT2D eigenvalue weighted by Gasteiger charge is 2.24. The van der Waals surface area contributed by atoms with E-state index in [1.165, 1.54) is 0 Å². The van der Waals surface area contributed by atoms with Crippen LogP contribution >= 0.6 is 0 Å². The Morgan fingerprint density at radius 1 is 1.19 bits per heavy atom. The van der Waals surface area contributed by atoms with E-state index in [-0.39, 0.29) is 24.2 Å². The molecule has 0 heterocycles. The Balaban J connectivity index is 4.36. The van der Waals surface area contributed by atoms with Crippen LogP contribution in [0.5, 0.6) is 0 Å². The predicted octanol–water partition coefficient (Wildman–Crippen LogP) is 2.53. The third-order valence-electron chi connectivity index (χ3n) is 3.77. The molecule has 2 atom stereocenters. The van der Waals surface area contributed by atoms with Gasteiger partial charge in [0.05, 0.1) is 6.61 Å². The van der Waals surface area contributed by atoms with Crippen LogP contribution in [-0.4, -0.2) is 42.0 Å². The zero-order chi connectivity index (χ0) is 16.7. The molecule has 0 rings (SSSR count). The van der Waals surface area contributed by atoms with E-state index in [4.69, 9.17) is 4.74 Å². The molecular formula is C16H34N2O3. The van der Waals surface area contributed by atoms with Crippen LogP contribution in [0.15, 0.2) is 0 Å². The Kier molecular flexibility index (Phi) is 8.26. The number of alkyl carbamates (subject to hydrolysis) is 1. The van der Waals surface area contributed by atoms with Crippen molar-refractivity contribution < 1.29 is 14.6 Å². The summed E-state index contributed by atoms with van der Waals surface area (Å²) in [4.78, 5) is 11.7. The number of aliphatic hydroxyl groups is 1. The summed E-state index contributed by atoms with van der Waals surface area (Å²) in [7, 11) is 0. The minimum atomic E-state index is -0.479. The second-order valence-corrected chi connectivity index (χ2v) is 7.34. The molecular weight excluding hydrogens is 268 g/mol. The summed E-state index contributed by atoms with van der Waals surface area (Å²) in [6.07, 6.45) is 0.474. The van der Waals surface area contributed by atoms with E-state index in [1.807, 2.05) is 34.6 Å². The molecule has 0 spiro atoms. The van der Waals surface area contributed by atoms with Gasteiger partial charge >= 0.3 is 6.09 Å². The quantitative estimate of drug-likeness (QED) is 0.644. The molecule has 5 heteroatoms. The Bertz CT molecular complexity index is 307. The number of hydrogen-bond acceptors (Lipinski definition) is 4. The fourth-order valence-corrected chi connectivity index (χ4v) is 1.74. The van der Waals surface area contributed by atoms with E-state index in [0.29, 0.717) is 12.5 Å². The standard InChI is InChI=1S/C16H34N2O3/c1-8-16(7,11-19)18-10-13(12(2)3)9-17-14(20)21-15(4,5)6/h12-13,18-19H,8-11H2,1-7H3,(H,17,20). The van der Waals surface area contributed by atoms with Gasteiger partial charge in [-0.3, -0.25) is 0 Å². The Labute approximate surface area is 129 Å². The third-order valence-corrected chi connectivity index (χ3v) is 3.77. The zero-order valence-corrected chi connectivity index (χ0v) is 14.7. The lowest BCUT2D eigenvalue weighted by molar-refractivity contribution is 0.0512. The van der Waals surface area contributed by atoms with Gasteiger partial charge in [0, 0.05) is 18.6 Å². The number of hydrogen-bond donors (Lipinski definition) is 3. The normalized spacial score (nSPS) is 16.4. The summed E-state index contributed by atoms with van der Waals surface area (Å²) in [6.45, 7) is 15.3. The Morgan fingerprint density at radius 2 is 1.76 bits per heavy atom. The monoisotopic (exact) mass is 302 g/mol. The largest absolute Gasteiger partial charge is 0.444 e. The number of carbonyl (C=O) groups is 1. The molecule has 0 aromatic heterocycles. The van der Waals surface area contributed by atoms with Gasteiger partial charge in [-0.2, -0.15) is 0 Å². The van der Waals surface area contributed by atoms with E-state index in [0.717, 1.165) is 13.0 Å². The molecule has 0 aliphatic carbocycles. The molecule has 0 saturated heterocycles. The van der Waals surface area contributed by atoms with Gasteiger partial charge in [-0.05, 0) is 46.0 Å². The Morgan fingerprint density at radius 3 is 2.14 bits per heavy atom. The van der Waals surface area contributed by atoms with E-state index in [1.54, 1.807) is 0 Å². The van der Waals surface area contributed by atoms with Crippen molar-refractivity contribution >= 4 is 6.09 Å². The van der Waals surface area contributed by atoms with E-state index < -0.39 is 5.60 Å². The number of carbonyl (C=O) groups excluding carboxylic acids is 1. The third kappa shape index (κ3) is 8.94. The first-order valence-electron chi connectivity index (χ1n) is 7.85. The van der Waals surface area contributed by atoms with Crippen LogP contribution in [0.3, 0.4) is 0 Å². The maximum absolute atomic E-state index is 11.7. The summed E-state index contributed by atoms with van der Waals surface area (Å²) >= 11 is 0. The van der Waals surface area contributed by atoms with Crippen molar-refractivity contribution in [3.05, 3.63) is 0 Å². The molecule has 0 aliphatic heterocycles. The van der Waals surface area contributed by atoms with Gasteiger partial charge in [-0.15, -0.1) is 0 Å². The number of amides is 1. The van der Waals surface area contributed by atoms with Gasteiger partial charge in [-0.1, -0.05) is 20.8 Å². The van der Waals surface area contributed by atoms with Gasteiger partial charge in [0.25, 0.3) is 0 Å². The van der Waals surface area contributed by atoms with Crippen molar-refractivity contribution in [3.63, 3.8) is 0 Å². The second-order valence-electron chi connectivity index (χ2n) is 7.34. The van der Waals surface area contributed by atoms with Crippen molar-refractivity contribution in [2.75, 3.05) is 19.7 Å². The average Bonchev–Trinajstić information content (AvgIpc) is 2.35. The smallest absolute Gasteiger partial charge is 0.407 e. The molecule has 0 aromatic rings. The molecule has 5 nitrogen and oxygen atoms in total. The molecule has 1 amide bonds. The summed E-state index contributed by atoms with van der Waals surface area (Å²) in [5.41, 5.74) is -0.744. The lowest BCUT2D eigenvalue weighted by Gasteiger charge is -2.31. The lowest BCUT2D eigenvalue weighted by atomic mass is 9.93. The summed E-state index contributed by atoms with van der Waals surface area (Å²) in [5.74, 6) is 0.710. The van der Waals surface area contributed by atoms with Crippen LogP contribution < -0.4 is 10.6 Å². The maximum atomic E-state index is 11.7. The molecule has 0 bridgehead atoms. The first-order valence-corrected chi connectivity index (χ1v) is 7.85. The van der Waals surface area contributed by atoms with Crippen LogP contribution in [0.2, 0.25) is 0 Å². The van der Waals surface area contributed by atoms with Crippen molar-refractivity contribution in [3.8, 4) is 0 Å². The minimum Gasteiger partial charge on any atom is -0.444 e. The van der Waals surface area contributed by atoms with Crippen LogP contribution in [-0.2, 0) is 4.74 Å². The van der Waals surface area contributed by atoms with Gasteiger partial charge in [-0.25, -0.2) is 4.79 Å². The van der Waals surface area contributed by atoms with Crippen molar-refractivity contribution in [2.45, 2.75) is 66.0 Å². The number of rotatable bonds is 8. The number of ether oxygens (including phenoxy) is 1. The van der Waals surface area contributed by atoms with Crippen LogP contribution in [0.1, 0.15) is 54.9 Å². The predicted molar refractivity (Wildman–Crippen MR) is 86.3 cm³/mol. The molecule has 21 heavy (non-hydrogen) atoms. The van der Waals surface area contributed by atoms with Gasteiger partial charge in [0.2, 0.25) is 0 Å². The van der Waals surface area contributed by atoms with Gasteiger partial charge < -0.3 is 20.5 Å². The Hall–Kier alpha value is -0.810. The highest BCUT2D eigenvalue weighted by atomic mass is 16.6. The summed E-state index contributed by atoms with van der Waals surface area (Å²) in [6, 6.07) is 0. The molecule has 3 N–H and O–H groups in total. The SMILES string of the molecule is CCC(C)(CO)NCC(CNC(=O)OC(C)(C)C)C(C)C. The second kappa shape index (κ2) is 8.59. The first kappa shape index (κ1) is 20.2. The average molecular weight is 302 g/mol. The van der Waals surface area contributed by atoms with Gasteiger partial charge in [0.15, 0.2) is 0 Å². The fraction of sp³-hybridized carbons (Fsp3) is 0.938. The topological polar surface area (TPSA) is 70.6 Å².